The number of nitrogens with two attached hydrogens (primary N) is 2. The van der Waals surface area contributed by atoms with Crippen molar-refractivity contribution in [2.45, 2.75) is 50.7 Å². The number of rotatable bonds is 15. The summed E-state index contributed by atoms with van der Waals surface area (Å²) in [6.45, 7) is 1.04. The number of nitrogens with one attached hydrogen (secondary N) is 4. The standard InChI is InChI=1S/C22H34N6O6/c1-14(13-29)27-19(31)11-26-22(34)18(3-2-10-23)28-20(32)12-25-21(33)17(24)9-6-15-4-7-16(30)8-5-15/h4-5,7-8,13-14,17-18,30H,2-3,6,9-12,23-24H2,1H3,(H,25,33)(H,26,34)(H,27,31)(H,28,32)/t14-,17-,18-/m0/s1. The second-order valence-electron chi connectivity index (χ2n) is 7.79. The van der Waals surface area contributed by atoms with E-state index in [1.165, 1.54) is 6.92 Å². The molecule has 0 aromatic heterocycles. The van der Waals surface area contributed by atoms with Crippen LogP contribution in [0.3, 0.4) is 0 Å². The lowest BCUT2D eigenvalue weighted by Crippen LogP contribution is -2.52. The van der Waals surface area contributed by atoms with E-state index in [-0.39, 0.29) is 25.3 Å². The third-order valence-corrected chi connectivity index (χ3v) is 4.80. The van der Waals surface area contributed by atoms with Crippen molar-refractivity contribution in [2.24, 2.45) is 11.5 Å². The van der Waals surface area contributed by atoms with Gasteiger partial charge in [0.05, 0.1) is 25.2 Å². The summed E-state index contributed by atoms with van der Waals surface area (Å²) >= 11 is 0. The molecule has 34 heavy (non-hydrogen) atoms. The first-order chi connectivity index (χ1) is 16.2. The quantitative estimate of drug-likeness (QED) is 0.138. The van der Waals surface area contributed by atoms with E-state index in [1.54, 1.807) is 24.3 Å². The highest BCUT2D eigenvalue weighted by Gasteiger charge is 2.22. The summed E-state index contributed by atoms with van der Waals surface area (Å²) in [5, 5.41) is 19.0. The minimum Gasteiger partial charge on any atom is -0.508 e. The average molecular weight is 479 g/mol. The Morgan fingerprint density at radius 2 is 1.56 bits per heavy atom. The van der Waals surface area contributed by atoms with Crippen molar-refractivity contribution in [2.75, 3.05) is 19.6 Å². The molecule has 0 radical (unpaired) electrons. The van der Waals surface area contributed by atoms with Crippen molar-refractivity contribution in [1.82, 2.24) is 21.3 Å². The van der Waals surface area contributed by atoms with Crippen LogP contribution in [0.1, 0.15) is 31.7 Å². The molecule has 1 aromatic rings. The van der Waals surface area contributed by atoms with Crippen molar-refractivity contribution in [3.8, 4) is 5.75 Å². The summed E-state index contributed by atoms with van der Waals surface area (Å²) in [5.41, 5.74) is 12.3. The second-order valence-corrected chi connectivity index (χ2v) is 7.79. The lowest BCUT2D eigenvalue weighted by atomic mass is 10.1. The highest BCUT2D eigenvalue weighted by atomic mass is 16.3. The molecule has 0 saturated carbocycles. The highest BCUT2D eigenvalue weighted by Crippen LogP contribution is 2.11. The minimum atomic E-state index is -0.951. The molecule has 1 rings (SSSR count). The van der Waals surface area contributed by atoms with E-state index in [0.29, 0.717) is 32.1 Å². The van der Waals surface area contributed by atoms with Crippen LogP contribution in [-0.2, 0) is 30.4 Å². The third-order valence-electron chi connectivity index (χ3n) is 4.80. The molecule has 0 unspecified atom stereocenters. The molecule has 0 bridgehead atoms. The van der Waals surface area contributed by atoms with E-state index >= 15 is 0 Å². The molecule has 0 aliphatic carbocycles. The number of benzene rings is 1. The third kappa shape index (κ3) is 11.4. The van der Waals surface area contributed by atoms with Gasteiger partial charge in [-0.15, -0.1) is 0 Å². The van der Waals surface area contributed by atoms with Gasteiger partial charge < -0.3 is 42.6 Å². The molecule has 3 atom stereocenters. The molecule has 188 valence electrons. The van der Waals surface area contributed by atoms with Crippen LogP contribution in [0.5, 0.6) is 5.75 Å². The fourth-order valence-corrected chi connectivity index (χ4v) is 2.88. The van der Waals surface area contributed by atoms with Gasteiger partial charge in [0.25, 0.3) is 0 Å². The van der Waals surface area contributed by atoms with E-state index in [0.717, 1.165) is 5.56 Å². The number of aldehydes is 1. The largest absolute Gasteiger partial charge is 0.508 e. The molecule has 0 aliphatic heterocycles. The smallest absolute Gasteiger partial charge is 0.243 e. The van der Waals surface area contributed by atoms with E-state index in [2.05, 4.69) is 21.3 Å². The first-order valence-corrected chi connectivity index (χ1v) is 11.0. The van der Waals surface area contributed by atoms with Gasteiger partial charge in [-0.1, -0.05) is 12.1 Å². The van der Waals surface area contributed by atoms with Crippen LogP contribution in [0.15, 0.2) is 24.3 Å². The van der Waals surface area contributed by atoms with Gasteiger partial charge in [-0.25, -0.2) is 0 Å². The number of amides is 4. The summed E-state index contributed by atoms with van der Waals surface area (Å²) in [6.07, 6.45) is 2.09. The molecule has 0 heterocycles. The van der Waals surface area contributed by atoms with Gasteiger partial charge in [0.1, 0.15) is 18.1 Å². The fraction of sp³-hybridized carbons (Fsp3) is 0.500. The number of carbonyl (C=O) groups excluding carboxylic acids is 5. The first kappa shape index (κ1) is 28.5. The van der Waals surface area contributed by atoms with E-state index < -0.39 is 41.8 Å². The van der Waals surface area contributed by atoms with Gasteiger partial charge in [0, 0.05) is 0 Å². The molecule has 12 heteroatoms. The number of phenols is 1. The Labute approximate surface area is 198 Å². The Morgan fingerprint density at radius 3 is 2.15 bits per heavy atom. The molecule has 4 amide bonds. The average Bonchev–Trinajstić information content (AvgIpc) is 2.82. The number of aromatic hydroxyl groups is 1. The lowest BCUT2D eigenvalue weighted by Gasteiger charge is -2.19. The van der Waals surface area contributed by atoms with Crippen LogP contribution in [0.25, 0.3) is 0 Å². The molecule has 1 aromatic carbocycles. The summed E-state index contributed by atoms with van der Waals surface area (Å²) in [5.74, 6) is -2.11. The summed E-state index contributed by atoms with van der Waals surface area (Å²) in [6, 6.07) is 4.06. The number of phenolic OH excluding ortho intramolecular Hbond substituents is 1. The summed E-state index contributed by atoms with van der Waals surface area (Å²) in [7, 11) is 0. The van der Waals surface area contributed by atoms with Gasteiger partial charge in [-0.3, -0.25) is 19.2 Å². The zero-order valence-corrected chi connectivity index (χ0v) is 19.2. The van der Waals surface area contributed by atoms with Gasteiger partial charge >= 0.3 is 0 Å². The molecule has 0 spiro atoms. The Balaban J connectivity index is 2.47. The molecule has 0 aliphatic rings. The van der Waals surface area contributed by atoms with E-state index in [4.69, 9.17) is 11.5 Å². The first-order valence-electron chi connectivity index (χ1n) is 11.0. The number of aryl methyl sites for hydroxylation is 1. The molecular formula is C22H34N6O6. The van der Waals surface area contributed by atoms with Gasteiger partial charge in [0.2, 0.25) is 23.6 Å². The Kier molecular flexibility index (Phi) is 12.9. The summed E-state index contributed by atoms with van der Waals surface area (Å²) in [4.78, 5) is 59.1. The zero-order valence-electron chi connectivity index (χ0n) is 19.2. The maximum atomic E-state index is 12.4. The van der Waals surface area contributed by atoms with Crippen molar-refractivity contribution in [1.29, 1.82) is 0 Å². The highest BCUT2D eigenvalue weighted by molar-refractivity contribution is 5.92. The number of carbonyl (C=O) groups is 5. The predicted octanol–water partition coefficient (Wildman–Crippen LogP) is -2.19. The van der Waals surface area contributed by atoms with Crippen LogP contribution >= 0.6 is 0 Å². The topological polar surface area (TPSA) is 206 Å². The van der Waals surface area contributed by atoms with E-state index in [9.17, 15) is 29.1 Å². The van der Waals surface area contributed by atoms with Crippen LogP contribution < -0.4 is 32.7 Å². The maximum Gasteiger partial charge on any atom is 0.243 e. The summed E-state index contributed by atoms with van der Waals surface area (Å²) < 4.78 is 0. The van der Waals surface area contributed by atoms with Crippen molar-refractivity contribution < 1.29 is 29.1 Å². The van der Waals surface area contributed by atoms with Crippen molar-refractivity contribution in [3.05, 3.63) is 29.8 Å². The van der Waals surface area contributed by atoms with Crippen molar-refractivity contribution in [3.63, 3.8) is 0 Å². The maximum absolute atomic E-state index is 12.4. The van der Waals surface area contributed by atoms with Crippen LogP contribution in [0, 0.1) is 0 Å². The van der Waals surface area contributed by atoms with Gasteiger partial charge in [-0.2, -0.15) is 0 Å². The van der Waals surface area contributed by atoms with Crippen LogP contribution in [-0.4, -0.2) is 72.8 Å². The van der Waals surface area contributed by atoms with Gasteiger partial charge in [0.15, 0.2) is 0 Å². The van der Waals surface area contributed by atoms with E-state index in [1.807, 2.05) is 0 Å². The Bertz CT molecular complexity index is 832. The molecule has 12 nitrogen and oxygen atoms in total. The molecule has 9 N–H and O–H groups in total. The Hall–Kier alpha value is -3.51. The molecule has 0 saturated heterocycles. The normalized spacial score (nSPS) is 13.1. The fourth-order valence-electron chi connectivity index (χ4n) is 2.88. The second kappa shape index (κ2) is 15.3. The predicted molar refractivity (Wildman–Crippen MR) is 124 cm³/mol. The Morgan fingerprint density at radius 1 is 0.971 bits per heavy atom. The van der Waals surface area contributed by atoms with Crippen LogP contribution in [0.2, 0.25) is 0 Å². The monoisotopic (exact) mass is 478 g/mol. The zero-order chi connectivity index (χ0) is 25.5. The molecular weight excluding hydrogens is 444 g/mol. The minimum absolute atomic E-state index is 0.144. The number of hydrogen-bond acceptors (Lipinski definition) is 8. The van der Waals surface area contributed by atoms with Crippen LogP contribution in [0.4, 0.5) is 0 Å². The molecule has 0 fully saturated rings. The van der Waals surface area contributed by atoms with Gasteiger partial charge in [-0.05, 0) is 56.8 Å². The number of hydrogen-bond donors (Lipinski definition) is 7. The SMILES string of the molecule is C[C@@H](C=O)NC(=O)CNC(=O)[C@H](CCCN)NC(=O)CNC(=O)[C@@H](N)CCc1ccc(O)cc1. The lowest BCUT2D eigenvalue weighted by molar-refractivity contribution is -0.131. The van der Waals surface area contributed by atoms with Crippen molar-refractivity contribution >= 4 is 29.9 Å².